The zero-order chi connectivity index (χ0) is 24.2. The van der Waals surface area contributed by atoms with E-state index in [-0.39, 0.29) is 22.6 Å². The number of halogens is 2. The lowest BCUT2D eigenvalue weighted by Gasteiger charge is -2.41. The Kier molecular flexibility index (Phi) is 9.32. The van der Waals surface area contributed by atoms with Gasteiger partial charge in [-0.15, -0.1) is 23.2 Å². The van der Waals surface area contributed by atoms with Crippen LogP contribution in [0.1, 0.15) is 114 Å². The molecule has 1 aromatic heterocycles. The zero-order valence-electron chi connectivity index (χ0n) is 21.3. The lowest BCUT2D eigenvalue weighted by Crippen LogP contribution is -2.40. The van der Waals surface area contributed by atoms with Gasteiger partial charge in [-0.25, -0.2) is 0 Å². The van der Waals surface area contributed by atoms with Crippen molar-refractivity contribution in [3.63, 3.8) is 0 Å². The highest BCUT2D eigenvalue weighted by Crippen LogP contribution is 2.43. The van der Waals surface area contributed by atoms with Crippen LogP contribution in [0.4, 0.5) is 0 Å². The lowest BCUT2D eigenvalue weighted by molar-refractivity contribution is -0.00465. The third kappa shape index (κ3) is 5.98. The molecule has 34 heavy (non-hydrogen) atoms. The van der Waals surface area contributed by atoms with Crippen LogP contribution in [0.15, 0.2) is 17.3 Å². The van der Waals surface area contributed by atoms with Crippen molar-refractivity contribution in [1.29, 1.82) is 0 Å². The standard InChI is InChI=1S/C28H44Cl2N2O2/c1-5-31-25-15-20(10-9-18(25)4)19-11-13-21(14-12-19)33-16-22-27(32-34-28(22)17(2)3)26-23(29)7-6-8-24(26)30/h5,17-21,23-26,31H,1,6-16H2,2-4H3. The fourth-order valence-corrected chi connectivity index (χ4v) is 7.70. The van der Waals surface area contributed by atoms with Crippen LogP contribution in [-0.2, 0) is 11.3 Å². The number of nitrogens with one attached hydrogen (secondary N) is 1. The SMILES string of the molecule is C=CNC1CC(C2CCC(OCc3c(C4C(Cl)CCCC4Cl)noc3C(C)C)CC2)CCC1C. The minimum absolute atomic E-state index is 0.00756. The second-order valence-electron chi connectivity index (χ2n) is 11.4. The Morgan fingerprint density at radius 1 is 1.06 bits per heavy atom. The summed E-state index contributed by atoms with van der Waals surface area (Å²) >= 11 is 13.5. The summed E-state index contributed by atoms with van der Waals surface area (Å²) in [6.45, 7) is 11.1. The van der Waals surface area contributed by atoms with Gasteiger partial charge in [0.15, 0.2) is 0 Å². The largest absolute Gasteiger partial charge is 0.388 e. The number of alkyl halides is 2. The molecule has 3 fully saturated rings. The average Bonchev–Trinajstić information content (AvgIpc) is 3.23. The van der Waals surface area contributed by atoms with Gasteiger partial charge in [-0.05, 0) is 81.7 Å². The number of hydrogen-bond acceptors (Lipinski definition) is 4. The summed E-state index contributed by atoms with van der Waals surface area (Å²) in [7, 11) is 0. The van der Waals surface area contributed by atoms with E-state index in [1.807, 2.05) is 6.20 Å². The minimum atomic E-state index is 0.00756. The molecule has 3 saturated carbocycles. The Bertz CT molecular complexity index is 779. The predicted octanol–water partition coefficient (Wildman–Crippen LogP) is 7.89. The number of nitrogens with zero attached hydrogens (tertiary/aromatic N) is 1. The van der Waals surface area contributed by atoms with E-state index in [4.69, 9.17) is 32.5 Å². The first-order valence-corrected chi connectivity index (χ1v) is 14.5. The van der Waals surface area contributed by atoms with Gasteiger partial charge in [-0.3, -0.25) is 0 Å². The van der Waals surface area contributed by atoms with Gasteiger partial charge in [0, 0.05) is 34.2 Å². The Morgan fingerprint density at radius 2 is 1.74 bits per heavy atom. The number of hydrogen-bond donors (Lipinski definition) is 1. The van der Waals surface area contributed by atoms with Crippen molar-refractivity contribution in [2.45, 2.75) is 126 Å². The highest BCUT2D eigenvalue weighted by atomic mass is 35.5. The molecular weight excluding hydrogens is 467 g/mol. The molecule has 0 aliphatic heterocycles. The quantitative estimate of drug-likeness (QED) is 0.361. The van der Waals surface area contributed by atoms with Gasteiger partial charge >= 0.3 is 0 Å². The fourth-order valence-electron chi connectivity index (χ4n) is 6.73. The minimum Gasteiger partial charge on any atom is -0.388 e. The van der Waals surface area contributed by atoms with Crippen LogP contribution in [0.3, 0.4) is 0 Å². The maximum Gasteiger partial charge on any atom is 0.145 e. The third-order valence-electron chi connectivity index (χ3n) is 8.85. The number of ether oxygens (including phenoxy) is 1. The van der Waals surface area contributed by atoms with Gasteiger partial charge in [0.2, 0.25) is 0 Å². The summed E-state index contributed by atoms with van der Waals surface area (Å²) in [6.07, 6.45) is 14.0. The molecule has 0 aromatic carbocycles. The monoisotopic (exact) mass is 510 g/mol. The van der Waals surface area contributed by atoms with E-state index in [9.17, 15) is 0 Å². The number of aromatic nitrogens is 1. The molecule has 3 aliphatic carbocycles. The normalized spacial score (nSPS) is 37.0. The molecular formula is C28H44Cl2N2O2. The highest BCUT2D eigenvalue weighted by Gasteiger charge is 2.38. The molecule has 192 valence electrons. The molecule has 6 heteroatoms. The molecule has 1 aromatic rings. The van der Waals surface area contributed by atoms with Gasteiger partial charge in [-0.2, -0.15) is 0 Å². The Balaban J connectivity index is 1.35. The Labute approximate surface area is 216 Å². The predicted molar refractivity (Wildman–Crippen MR) is 141 cm³/mol. The summed E-state index contributed by atoms with van der Waals surface area (Å²) < 4.78 is 12.3. The van der Waals surface area contributed by atoms with E-state index >= 15 is 0 Å². The fraction of sp³-hybridized carbons (Fsp3) is 0.821. The van der Waals surface area contributed by atoms with Crippen molar-refractivity contribution in [3.8, 4) is 0 Å². The van der Waals surface area contributed by atoms with Gasteiger partial charge in [-0.1, -0.05) is 38.9 Å². The van der Waals surface area contributed by atoms with Crippen molar-refractivity contribution in [2.24, 2.45) is 17.8 Å². The van der Waals surface area contributed by atoms with E-state index in [1.54, 1.807) is 0 Å². The first-order chi connectivity index (χ1) is 16.4. The molecule has 4 rings (SSSR count). The molecule has 0 spiro atoms. The summed E-state index contributed by atoms with van der Waals surface area (Å²) in [6, 6.07) is 0.586. The second-order valence-corrected chi connectivity index (χ2v) is 12.6. The molecule has 4 nitrogen and oxygen atoms in total. The van der Waals surface area contributed by atoms with Crippen LogP contribution in [0.25, 0.3) is 0 Å². The van der Waals surface area contributed by atoms with Crippen molar-refractivity contribution < 1.29 is 9.26 Å². The van der Waals surface area contributed by atoms with Crippen molar-refractivity contribution in [3.05, 3.63) is 29.8 Å². The Morgan fingerprint density at radius 3 is 2.38 bits per heavy atom. The lowest BCUT2D eigenvalue weighted by atomic mass is 9.69. The van der Waals surface area contributed by atoms with E-state index in [0.717, 1.165) is 66.9 Å². The second kappa shape index (κ2) is 12.0. The van der Waals surface area contributed by atoms with Crippen LogP contribution in [0, 0.1) is 17.8 Å². The topological polar surface area (TPSA) is 47.3 Å². The summed E-state index contributed by atoms with van der Waals surface area (Å²) in [4.78, 5) is 0. The van der Waals surface area contributed by atoms with E-state index in [2.05, 4.69) is 37.8 Å². The molecule has 1 N–H and O–H groups in total. The smallest absolute Gasteiger partial charge is 0.145 e. The highest BCUT2D eigenvalue weighted by molar-refractivity contribution is 6.24. The molecule has 3 aliphatic rings. The van der Waals surface area contributed by atoms with Crippen LogP contribution < -0.4 is 5.32 Å². The molecule has 0 radical (unpaired) electrons. The zero-order valence-corrected chi connectivity index (χ0v) is 22.8. The van der Waals surface area contributed by atoms with Crippen LogP contribution >= 0.6 is 23.2 Å². The molecule has 5 atom stereocenters. The van der Waals surface area contributed by atoms with E-state index < -0.39 is 0 Å². The molecule has 0 bridgehead atoms. The average molecular weight is 512 g/mol. The first-order valence-electron chi connectivity index (χ1n) is 13.6. The van der Waals surface area contributed by atoms with Gasteiger partial charge < -0.3 is 14.6 Å². The van der Waals surface area contributed by atoms with Gasteiger partial charge in [0.05, 0.1) is 18.4 Å². The summed E-state index contributed by atoms with van der Waals surface area (Å²) in [5.41, 5.74) is 2.04. The van der Waals surface area contributed by atoms with Crippen LogP contribution in [0.5, 0.6) is 0 Å². The first kappa shape index (κ1) is 26.4. The van der Waals surface area contributed by atoms with Crippen LogP contribution in [-0.4, -0.2) is 28.1 Å². The van der Waals surface area contributed by atoms with Crippen molar-refractivity contribution in [2.75, 3.05) is 0 Å². The molecule has 5 unspecified atom stereocenters. The molecule has 0 amide bonds. The summed E-state index contributed by atoms with van der Waals surface area (Å²) in [5, 5.41) is 8.01. The molecule has 1 heterocycles. The summed E-state index contributed by atoms with van der Waals surface area (Å²) in [5.74, 6) is 3.63. The van der Waals surface area contributed by atoms with Crippen molar-refractivity contribution in [1.82, 2.24) is 10.5 Å². The van der Waals surface area contributed by atoms with E-state index in [1.165, 1.54) is 32.1 Å². The maximum absolute atomic E-state index is 6.73. The maximum atomic E-state index is 6.73. The number of rotatable bonds is 8. The third-order valence-corrected chi connectivity index (χ3v) is 9.82. The van der Waals surface area contributed by atoms with Crippen LogP contribution in [0.2, 0.25) is 0 Å². The van der Waals surface area contributed by atoms with Gasteiger partial charge in [0.1, 0.15) is 5.76 Å². The van der Waals surface area contributed by atoms with E-state index in [0.29, 0.717) is 18.8 Å². The van der Waals surface area contributed by atoms with Crippen molar-refractivity contribution >= 4 is 23.2 Å². The molecule has 0 saturated heterocycles. The Hall–Kier alpha value is -0.710. The van der Waals surface area contributed by atoms with Gasteiger partial charge in [0.25, 0.3) is 0 Å².